The zero-order valence-corrected chi connectivity index (χ0v) is 56.3. The van der Waals surface area contributed by atoms with Crippen molar-refractivity contribution in [3.63, 3.8) is 0 Å². The number of carbonyl (C=O) groups excluding carboxylic acids is 1. The minimum Gasteiger partial charge on any atom is -0.394 e. The molecule has 0 bridgehead atoms. The fraction of sp³-hybridized carbons (Fsp3) is 0.675. The van der Waals surface area contributed by atoms with Crippen LogP contribution in [-0.2, 0) is 23.7 Å². The third-order valence-electron chi connectivity index (χ3n) is 16.3. The first-order valence-corrected chi connectivity index (χ1v) is 35.6. The van der Waals surface area contributed by atoms with Crippen LogP contribution >= 0.6 is 0 Å². The van der Waals surface area contributed by atoms with Crippen molar-refractivity contribution in [3.8, 4) is 0 Å². The molecule has 2 aliphatic heterocycles. The van der Waals surface area contributed by atoms with Crippen LogP contribution in [0, 0.1) is 0 Å². The van der Waals surface area contributed by atoms with Gasteiger partial charge in [-0.05, 0) is 103 Å². The molecule has 14 heteroatoms. The average molecular weight is 1270 g/mol. The summed E-state index contributed by atoms with van der Waals surface area (Å²) in [6, 6.07) is -0.945. The second kappa shape index (κ2) is 59.6. The summed E-state index contributed by atoms with van der Waals surface area (Å²) in [4.78, 5) is 13.3. The zero-order chi connectivity index (χ0) is 65.9. The van der Waals surface area contributed by atoms with Crippen molar-refractivity contribution in [2.45, 2.75) is 312 Å². The Morgan fingerprint density at radius 3 is 1.16 bits per heavy atom. The van der Waals surface area contributed by atoms with E-state index in [0.717, 1.165) is 109 Å². The summed E-state index contributed by atoms with van der Waals surface area (Å²) >= 11 is 0. The fourth-order valence-electron chi connectivity index (χ4n) is 10.6. The van der Waals surface area contributed by atoms with Crippen LogP contribution in [0.25, 0.3) is 0 Å². The van der Waals surface area contributed by atoms with Gasteiger partial charge in [-0.15, -0.1) is 0 Å². The lowest BCUT2D eigenvalue weighted by Crippen LogP contribution is -2.65. The number of unbranched alkanes of at least 4 members (excludes halogenated alkanes) is 21. The van der Waals surface area contributed by atoms with E-state index in [4.69, 9.17) is 18.9 Å². The molecule has 2 fully saturated rings. The van der Waals surface area contributed by atoms with Crippen LogP contribution in [0.15, 0.2) is 146 Å². The smallest absolute Gasteiger partial charge is 0.220 e. The van der Waals surface area contributed by atoms with Crippen LogP contribution in [0.3, 0.4) is 0 Å². The Bertz CT molecular complexity index is 2090. The lowest BCUT2D eigenvalue weighted by molar-refractivity contribution is -0.359. The van der Waals surface area contributed by atoms with E-state index in [1.165, 1.54) is 103 Å². The Labute approximate surface area is 551 Å². The molecule has 1 amide bonds. The maximum Gasteiger partial charge on any atom is 0.220 e. The Morgan fingerprint density at radius 1 is 0.407 bits per heavy atom. The zero-order valence-electron chi connectivity index (χ0n) is 56.3. The first kappa shape index (κ1) is 83.0. The topological polar surface area (TPSA) is 228 Å². The number of hydrogen-bond donors (Lipinski definition) is 9. The van der Waals surface area contributed by atoms with Crippen molar-refractivity contribution in [1.29, 1.82) is 0 Å². The van der Waals surface area contributed by atoms with Gasteiger partial charge in [-0.2, -0.15) is 0 Å². The number of amides is 1. The summed E-state index contributed by atoms with van der Waals surface area (Å²) in [7, 11) is 0. The van der Waals surface area contributed by atoms with Crippen molar-refractivity contribution in [3.05, 3.63) is 146 Å². The lowest BCUT2D eigenvalue weighted by atomic mass is 9.97. The molecule has 518 valence electrons. The highest BCUT2D eigenvalue weighted by Crippen LogP contribution is 2.30. The number of aliphatic hydroxyl groups is 8. The van der Waals surface area contributed by atoms with E-state index in [2.05, 4.69) is 153 Å². The maximum absolute atomic E-state index is 13.3. The van der Waals surface area contributed by atoms with Gasteiger partial charge in [-0.25, -0.2) is 0 Å². The van der Waals surface area contributed by atoms with Crippen molar-refractivity contribution in [2.75, 3.05) is 19.8 Å². The third kappa shape index (κ3) is 43.5. The summed E-state index contributed by atoms with van der Waals surface area (Å²) in [5.41, 5.74) is 0. The highest BCUT2D eigenvalue weighted by molar-refractivity contribution is 5.76. The molecule has 0 radical (unpaired) electrons. The standard InChI is InChI=1S/C77H127NO13/c1-3-5-7-9-11-13-15-17-19-21-23-25-26-27-28-29-30-31-32-33-34-35-36-37-38-39-40-41-43-45-47-49-51-53-55-57-59-61-69(82)78-65(66(81)60-58-56-54-52-50-48-46-44-42-24-22-20-18-16-14-12-10-8-6-4-2)64-88-76-74(87)72(85)75(68(63-80)90-76)91-77-73(86)71(84)70(83)67(62-79)89-77/h5,7,11,13,17,19,23,25,27-28,30-31,33-34,36-37,39-40,43,45,49,51,58,60,65-68,70-77,79-81,83-87H,3-4,6,8-10,12,14-16,18,20-22,24,26,29,32,35,38,41-42,44,46-48,50,52-57,59,61-64H2,1-2H3,(H,78,82)/b7-5-,13-11-,19-17-,25-23-,28-27-,31-30-,34-33-,37-36-,40-39-,45-43-,51-49-,60-58+. The molecule has 14 nitrogen and oxygen atoms in total. The molecule has 2 heterocycles. The number of rotatable bonds is 56. The van der Waals surface area contributed by atoms with Crippen LogP contribution in [-0.4, -0.2) is 140 Å². The molecule has 9 N–H and O–H groups in total. The van der Waals surface area contributed by atoms with Gasteiger partial charge in [-0.3, -0.25) is 4.79 Å². The van der Waals surface area contributed by atoms with Crippen LogP contribution in [0.1, 0.15) is 239 Å². The van der Waals surface area contributed by atoms with Crippen LogP contribution < -0.4 is 5.32 Å². The van der Waals surface area contributed by atoms with Gasteiger partial charge in [0.15, 0.2) is 12.6 Å². The third-order valence-corrected chi connectivity index (χ3v) is 16.3. The second-order valence-electron chi connectivity index (χ2n) is 24.3. The molecular formula is C77H127NO13. The Balaban J connectivity index is 1.70. The molecule has 0 aromatic rings. The minimum absolute atomic E-state index is 0.232. The first-order valence-electron chi connectivity index (χ1n) is 35.6. The SMILES string of the molecule is CC/C=C\C/C=C\C/C=C\C/C=C\C/C=C\C/C=C\C/C=C\C/C=C\C/C=C\C/C=C\C/C=C\CCCCCC(=O)NC(COC1OC(CO)C(OC2OC(CO)C(O)C(O)C2O)C(O)C1O)C(O)/C=C/CCCCCCCCCCCCCCCCCCCC. The van der Waals surface area contributed by atoms with Gasteiger partial charge in [0.2, 0.25) is 5.91 Å². The highest BCUT2D eigenvalue weighted by atomic mass is 16.7. The number of carbonyl (C=O) groups is 1. The summed E-state index contributed by atoms with van der Waals surface area (Å²) < 4.78 is 22.8. The quantitative estimate of drug-likeness (QED) is 0.0204. The lowest BCUT2D eigenvalue weighted by Gasteiger charge is -2.46. The van der Waals surface area contributed by atoms with Gasteiger partial charge in [0.05, 0.1) is 32.0 Å². The largest absolute Gasteiger partial charge is 0.394 e. The molecule has 2 saturated heterocycles. The number of ether oxygens (including phenoxy) is 4. The summed E-state index contributed by atoms with van der Waals surface area (Å²) in [6.07, 6.45) is 73.2. The number of allylic oxidation sites excluding steroid dienone is 23. The van der Waals surface area contributed by atoms with Crippen LogP contribution in [0.4, 0.5) is 0 Å². The van der Waals surface area contributed by atoms with Crippen LogP contribution in [0.5, 0.6) is 0 Å². The van der Waals surface area contributed by atoms with E-state index in [-0.39, 0.29) is 18.9 Å². The summed E-state index contributed by atoms with van der Waals surface area (Å²) in [5, 5.41) is 87.4. The van der Waals surface area contributed by atoms with Gasteiger partial charge in [0.25, 0.3) is 0 Å². The fourth-order valence-corrected chi connectivity index (χ4v) is 10.6. The van der Waals surface area contributed by atoms with Gasteiger partial charge < -0.3 is 65.1 Å². The number of aliphatic hydroxyl groups excluding tert-OH is 8. The molecule has 12 unspecified atom stereocenters. The normalized spacial score (nSPS) is 23.7. The number of nitrogens with one attached hydrogen (secondary N) is 1. The Kier molecular flexibility index (Phi) is 54.3. The molecule has 91 heavy (non-hydrogen) atoms. The molecule has 0 spiro atoms. The average Bonchev–Trinajstić information content (AvgIpc) is 1.04. The van der Waals surface area contributed by atoms with E-state index in [1.54, 1.807) is 6.08 Å². The van der Waals surface area contributed by atoms with Gasteiger partial charge in [-0.1, -0.05) is 275 Å². The van der Waals surface area contributed by atoms with E-state index in [9.17, 15) is 45.6 Å². The molecule has 0 saturated carbocycles. The maximum atomic E-state index is 13.3. The van der Waals surface area contributed by atoms with Crippen molar-refractivity contribution >= 4 is 5.91 Å². The molecule has 12 atom stereocenters. The van der Waals surface area contributed by atoms with E-state index < -0.39 is 86.8 Å². The Hall–Kier alpha value is -4.13. The number of hydrogen-bond acceptors (Lipinski definition) is 13. The van der Waals surface area contributed by atoms with Gasteiger partial charge in [0, 0.05) is 6.42 Å². The van der Waals surface area contributed by atoms with E-state index in [0.29, 0.717) is 6.42 Å². The molecule has 0 aliphatic carbocycles. The van der Waals surface area contributed by atoms with Crippen molar-refractivity contribution in [1.82, 2.24) is 5.32 Å². The van der Waals surface area contributed by atoms with E-state index >= 15 is 0 Å². The minimum atomic E-state index is -1.80. The molecule has 2 aliphatic rings. The molecule has 0 aromatic heterocycles. The molecule has 2 rings (SSSR count). The predicted molar refractivity (Wildman–Crippen MR) is 373 cm³/mol. The van der Waals surface area contributed by atoms with Crippen LogP contribution in [0.2, 0.25) is 0 Å². The summed E-state index contributed by atoms with van der Waals surface area (Å²) in [6.45, 7) is 2.66. The predicted octanol–water partition coefficient (Wildman–Crippen LogP) is 14.8. The highest BCUT2D eigenvalue weighted by Gasteiger charge is 2.51. The summed E-state index contributed by atoms with van der Waals surface area (Å²) in [5.74, 6) is -0.276. The second-order valence-corrected chi connectivity index (χ2v) is 24.3. The van der Waals surface area contributed by atoms with Gasteiger partial charge >= 0.3 is 0 Å². The van der Waals surface area contributed by atoms with E-state index in [1.807, 2.05) is 6.08 Å². The first-order chi connectivity index (χ1) is 44.6. The molecular weight excluding hydrogens is 1150 g/mol. The van der Waals surface area contributed by atoms with Crippen molar-refractivity contribution < 1.29 is 64.6 Å². The monoisotopic (exact) mass is 1270 g/mol. The molecule has 0 aromatic carbocycles. The van der Waals surface area contributed by atoms with Crippen molar-refractivity contribution in [2.24, 2.45) is 0 Å². The Morgan fingerprint density at radius 2 is 0.758 bits per heavy atom. The van der Waals surface area contributed by atoms with Gasteiger partial charge in [0.1, 0.15) is 48.8 Å².